The van der Waals surface area contributed by atoms with E-state index in [4.69, 9.17) is 4.74 Å². The molecule has 0 radical (unpaired) electrons. The van der Waals surface area contributed by atoms with Crippen molar-refractivity contribution in [2.75, 3.05) is 11.9 Å². The van der Waals surface area contributed by atoms with Gasteiger partial charge >= 0.3 is 5.97 Å². The fraction of sp³-hybridized carbons (Fsp3) is 0.750. The van der Waals surface area contributed by atoms with Crippen LogP contribution in [-0.4, -0.2) is 23.6 Å². The Labute approximate surface area is 130 Å². The summed E-state index contributed by atoms with van der Waals surface area (Å²) in [6, 6.07) is 0.577. The van der Waals surface area contributed by atoms with E-state index in [9.17, 15) is 4.79 Å². The molecule has 0 spiro atoms. The van der Waals surface area contributed by atoms with Crippen LogP contribution in [0.5, 0.6) is 0 Å². The molecule has 1 aromatic heterocycles. The van der Waals surface area contributed by atoms with Crippen LogP contribution >= 0.6 is 11.3 Å². The lowest BCUT2D eigenvalue weighted by Gasteiger charge is -2.23. The third kappa shape index (κ3) is 2.80. The fourth-order valence-electron chi connectivity index (χ4n) is 3.62. The number of fused-ring (bicyclic) bond motifs is 2. The second kappa shape index (κ2) is 5.59. The molecule has 0 aliphatic heterocycles. The minimum Gasteiger partial charge on any atom is -0.465 e. The number of anilines is 1. The Hall–Kier alpha value is -1.10. The second-order valence-electron chi connectivity index (χ2n) is 6.81. The number of esters is 1. The minimum atomic E-state index is -0.679. The van der Waals surface area contributed by atoms with E-state index >= 15 is 0 Å². The summed E-state index contributed by atoms with van der Waals surface area (Å²) in [6.45, 7) is 5.99. The number of hydrogen-bond acceptors (Lipinski definition) is 5. The topological polar surface area (TPSA) is 51.2 Å². The summed E-state index contributed by atoms with van der Waals surface area (Å²) in [4.78, 5) is 16.7. The zero-order chi connectivity index (χ0) is 15.0. The van der Waals surface area contributed by atoms with Crippen molar-refractivity contribution in [3.8, 4) is 0 Å². The summed E-state index contributed by atoms with van der Waals surface area (Å²) in [6.07, 6.45) is 5.42. The van der Waals surface area contributed by atoms with Crippen molar-refractivity contribution in [2.24, 2.45) is 11.8 Å². The summed E-state index contributed by atoms with van der Waals surface area (Å²) in [7, 11) is 0. The average Bonchev–Trinajstić information content (AvgIpc) is 3.15. The summed E-state index contributed by atoms with van der Waals surface area (Å²) in [5.74, 6) is 1.53. The van der Waals surface area contributed by atoms with E-state index in [0.29, 0.717) is 12.6 Å². The van der Waals surface area contributed by atoms with Gasteiger partial charge in [-0.15, -0.1) is 11.3 Å². The van der Waals surface area contributed by atoms with E-state index in [1.807, 2.05) is 26.2 Å². The zero-order valence-electron chi connectivity index (χ0n) is 13.0. The first-order valence-electron chi connectivity index (χ1n) is 7.90. The first kappa shape index (κ1) is 14.8. The number of nitrogens with zero attached hydrogens (tertiary/aromatic N) is 1. The van der Waals surface area contributed by atoms with Gasteiger partial charge in [-0.1, -0.05) is 6.42 Å². The van der Waals surface area contributed by atoms with Crippen LogP contribution in [0.1, 0.15) is 52.1 Å². The highest BCUT2D eigenvalue weighted by Crippen LogP contribution is 2.45. The van der Waals surface area contributed by atoms with E-state index in [0.717, 1.165) is 22.7 Å². The highest BCUT2D eigenvalue weighted by Gasteiger charge is 2.40. The number of nitrogens with one attached hydrogen (secondary N) is 1. The van der Waals surface area contributed by atoms with Gasteiger partial charge in [0.05, 0.1) is 12.3 Å². The van der Waals surface area contributed by atoms with Crippen molar-refractivity contribution in [1.82, 2.24) is 4.98 Å². The molecular formula is C16H24N2O2S. The molecule has 2 aliphatic rings. The van der Waals surface area contributed by atoms with Crippen LogP contribution in [0.25, 0.3) is 0 Å². The van der Waals surface area contributed by atoms with Crippen molar-refractivity contribution in [3.63, 3.8) is 0 Å². The zero-order valence-corrected chi connectivity index (χ0v) is 13.8. The Morgan fingerprint density at radius 2 is 2.29 bits per heavy atom. The van der Waals surface area contributed by atoms with Crippen LogP contribution in [0.4, 0.5) is 5.13 Å². The molecule has 3 rings (SSSR count). The Morgan fingerprint density at radius 3 is 2.90 bits per heavy atom. The molecule has 3 unspecified atom stereocenters. The Morgan fingerprint density at radius 1 is 1.48 bits per heavy atom. The first-order valence-corrected chi connectivity index (χ1v) is 8.78. The predicted molar refractivity (Wildman–Crippen MR) is 84.6 cm³/mol. The monoisotopic (exact) mass is 308 g/mol. The van der Waals surface area contributed by atoms with Crippen molar-refractivity contribution in [1.29, 1.82) is 0 Å². The molecule has 2 saturated carbocycles. The number of ether oxygens (including phenoxy) is 1. The lowest BCUT2D eigenvalue weighted by Crippen LogP contribution is -2.31. The van der Waals surface area contributed by atoms with E-state index in [1.54, 1.807) is 11.3 Å². The van der Waals surface area contributed by atoms with E-state index in [1.165, 1.54) is 25.7 Å². The summed E-state index contributed by atoms with van der Waals surface area (Å²) >= 11 is 1.60. The van der Waals surface area contributed by atoms with Gasteiger partial charge in [-0.3, -0.25) is 4.79 Å². The Bertz CT molecular complexity index is 526. The fourth-order valence-corrected chi connectivity index (χ4v) is 4.56. The Kier molecular flexibility index (Phi) is 3.95. The maximum Gasteiger partial charge on any atom is 0.317 e. The predicted octanol–water partition coefficient (Wildman–Crippen LogP) is 3.58. The molecule has 0 aromatic carbocycles. The van der Waals surface area contributed by atoms with Crippen LogP contribution in [0.2, 0.25) is 0 Å². The lowest BCUT2D eigenvalue weighted by atomic mass is 9.90. The van der Waals surface area contributed by atoms with E-state index in [2.05, 4.69) is 10.3 Å². The van der Waals surface area contributed by atoms with E-state index < -0.39 is 5.41 Å². The second-order valence-corrected chi connectivity index (χ2v) is 7.67. The molecule has 1 aromatic rings. The smallest absolute Gasteiger partial charge is 0.317 e. The molecule has 116 valence electrons. The van der Waals surface area contributed by atoms with Gasteiger partial charge < -0.3 is 10.1 Å². The maximum absolute atomic E-state index is 12.0. The summed E-state index contributed by atoms with van der Waals surface area (Å²) < 4.78 is 5.15. The van der Waals surface area contributed by atoms with Gasteiger partial charge in [-0.05, 0) is 51.9 Å². The Balaban J connectivity index is 1.67. The third-order valence-corrected chi connectivity index (χ3v) is 5.75. The van der Waals surface area contributed by atoms with Crippen LogP contribution in [-0.2, 0) is 14.9 Å². The molecule has 4 nitrogen and oxygen atoms in total. The van der Waals surface area contributed by atoms with Gasteiger partial charge in [0.25, 0.3) is 0 Å². The molecule has 3 atom stereocenters. The molecule has 1 heterocycles. The number of hydrogen-bond donors (Lipinski definition) is 1. The van der Waals surface area contributed by atoms with Crippen molar-refractivity contribution >= 4 is 22.4 Å². The van der Waals surface area contributed by atoms with Crippen LogP contribution in [0.3, 0.4) is 0 Å². The highest BCUT2D eigenvalue weighted by molar-refractivity contribution is 7.13. The van der Waals surface area contributed by atoms with E-state index in [-0.39, 0.29) is 5.97 Å². The lowest BCUT2D eigenvalue weighted by molar-refractivity contribution is -0.148. The van der Waals surface area contributed by atoms with Crippen LogP contribution in [0.15, 0.2) is 5.38 Å². The van der Waals surface area contributed by atoms with Crippen molar-refractivity contribution < 1.29 is 9.53 Å². The number of rotatable bonds is 5. The molecule has 0 saturated heterocycles. The van der Waals surface area contributed by atoms with Gasteiger partial charge in [0.15, 0.2) is 5.13 Å². The SMILES string of the molecule is CCOC(=O)C(C)(C)c1csc(NC2CC3CCC2C3)n1. The molecule has 1 N–H and O–H groups in total. The largest absolute Gasteiger partial charge is 0.465 e. The molecular weight excluding hydrogens is 284 g/mol. The molecule has 2 bridgehead atoms. The molecule has 2 aliphatic carbocycles. The van der Waals surface area contributed by atoms with Gasteiger partial charge in [0, 0.05) is 11.4 Å². The standard InChI is InChI=1S/C16H24N2O2S/c1-4-20-14(19)16(2,3)13-9-21-15(18-13)17-12-8-10-5-6-11(12)7-10/h9-12H,4-8H2,1-3H3,(H,17,18). The number of carbonyl (C=O) groups excluding carboxylic acids is 1. The third-order valence-electron chi connectivity index (χ3n) is 4.98. The normalized spacial score (nSPS) is 27.9. The number of aromatic nitrogens is 1. The molecule has 21 heavy (non-hydrogen) atoms. The van der Waals surface area contributed by atoms with Gasteiger partial charge in [0.1, 0.15) is 5.41 Å². The molecule has 2 fully saturated rings. The van der Waals surface area contributed by atoms with Crippen molar-refractivity contribution in [2.45, 2.75) is 57.9 Å². The summed E-state index contributed by atoms with van der Waals surface area (Å²) in [5.41, 5.74) is 0.123. The van der Waals surface area contributed by atoms with Gasteiger partial charge in [-0.2, -0.15) is 0 Å². The van der Waals surface area contributed by atoms with Gasteiger partial charge in [-0.25, -0.2) is 4.98 Å². The molecule has 5 heteroatoms. The minimum absolute atomic E-state index is 0.207. The quantitative estimate of drug-likeness (QED) is 0.845. The maximum atomic E-state index is 12.0. The molecule has 0 amide bonds. The highest BCUT2D eigenvalue weighted by atomic mass is 32.1. The van der Waals surface area contributed by atoms with Crippen LogP contribution in [0, 0.1) is 11.8 Å². The van der Waals surface area contributed by atoms with Gasteiger partial charge in [0.2, 0.25) is 0 Å². The summed E-state index contributed by atoms with van der Waals surface area (Å²) in [5, 5.41) is 6.51. The van der Waals surface area contributed by atoms with Crippen molar-refractivity contribution in [3.05, 3.63) is 11.1 Å². The van der Waals surface area contributed by atoms with Crippen LogP contribution < -0.4 is 5.32 Å². The number of carbonyl (C=O) groups is 1. The first-order chi connectivity index (χ1) is 10.0. The number of thiazole rings is 1. The average molecular weight is 308 g/mol.